The van der Waals surface area contributed by atoms with Crippen LogP contribution in [0.1, 0.15) is 0 Å². The van der Waals surface area contributed by atoms with E-state index >= 15 is 0 Å². The quantitative estimate of drug-likeness (QED) is 0.427. The van der Waals surface area contributed by atoms with Crippen molar-refractivity contribution in [3.8, 4) is 0 Å². The summed E-state index contributed by atoms with van der Waals surface area (Å²) in [6.07, 6.45) is -4.10. The van der Waals surface area contributed by atoms with Gasteiger partial charge in [0.2, 0.25) is 0 Å². The minimum absolute atomic E-state index is 0.0493. The van der Waals surface area contributed by atoms with E-state index in [2.05, 4.69) is 5.32 Å². The van der Waals surface area contributed by atoms with Gasteiger partial charge < -0.3 is 25.4 Å². The molecule has 4 atom stereocenters. The molecule has 1 aliphatic rings. The number of nitrogens with one attached hydrogen (secondary N) is 1. The van der Waals surface area contributed by atoms with Gasteiger partial charge in [-0.25, -0.2) is 0 Å². The fourth-order valence-electron chi connectivity index (χ4n) is 1.86. The van der Waals surface area contributed by atoms with Crippen LogP contribution in [0.3, 0.4) is 0 Å². The summed E-state index contributed by atoms with van der Waals surface area (Å²) in [5.41, 5.74) is 0.451. The third-order valence-electron chi connectivity index (χ3n) is 2.93. The molecule has 104 valence electrons. The molecule has 8 nitrogen and oxygen atoms in total. The zero-order valence-electron chi connectivity index (χ0n) is 9.84. The molecule has 1 saturated heterocycles. The van der Waals surface area contributed by atoms with Crippen LogP contribution in [0.5, 0.6) is 0 Å². The molecule has 1 aromatic carbocycles. The number of nitro groups is 1. The first-order valence-electron chi connectivity index (χ1n) is 5.66. The van der Waals surface area contributed by atoms with Crippen LogP contribution in [0.2, 0.25) is 0 Å². The van der Waals surface area contributed by atoms with Gasteiger partial charge >= 0.3 is 0 Å². The van der Waals surface area contributed by atoms with Gasteiger partial charge in [-0.15, -0.1) is 0 Å². The highest BCUT2D eigenvalue weighted by atomic mass is 16.6. The standard InChI is InChI=1S/C11H14N2O6/c14-5-8-9(15)10(16)11(19-8)12-6-1-3-7(4-2-6)13(17)18/h1-4,8-12,14-16H,5H2/t8-,9+,10+,11+/m0/s1. The van der Waals surface area contributed by atoms with Crippen LogP contribution in [0.25, 0.3) is 0 Å². The van der Waals surface area contributed by atoms with Crippen LogP contribution in [0.15, 0.2) is 24.3 Å². The largest absolute Gasteiger partial charge is 0.394 e. The van der Waals surface area contributed by atoms with Crippen LogP contribution in [0.4, 0.5) is 11.4 Å². The summed E-state index contributed by atoms with van der Waals surface area (Å²) >= 11 is 0. The van der Waals surface area contributed by atoms with Crippen molar-refractivity contribution in [2.24, 2.45) is 0 Å². The zero-order chi connectivity index (χ0) is 14.0. The maximum Gasteiger partial charge on any atom is 0.269 e. The first-order chi connectivity index (χ1) is 9.02. The lowest BCUT2D eigenvalue weighted by Gasteiger charge is -2.17. The number of ether oxygens (including phenoxy) is 1. The van der Waals surface area contributed by atoms with E-state index < -0.39 is 36.1 Å². The minimum Gasteiger partial charge on any atom is -0.394 e. The molecule has 1 aliphatic heterocycles. The van der Waals surface area contributed by atoms with Crippen LogP contribution in [-0.4, -0.2) is 51.4 Å². The third-order valence-corrected chi connectivity index (χ3v) is 2.93. The number of aliphatic hydroxyl groups excluding tert-OH is 3. The molecule has 2 rings (SSSR count). The van der Waals surface area contributed by atoms with E-state index in [-0.39, 0.29) is 5.69 Å². The van der Waals surface area contributed by atoms with E-state index in [0.717, 1.165) is 0 Å². The maximum absolute atomic E-state index is 10.5. The number of rotatable bonds is 4. The van der Waals surface area contributed by atoms with Crippen LogP contribution in [-0.2, 0) is 4.74 Å². The average molecular weight is 270 g/mol. The van der Waals surface area contributed by atoms with E-state index in [1.807, 2.05) is 0 Å². The highest BCUT2D eigenvalue weighted by Crippen LogP contribution is 2.24. The van der Waals surface area contributed by atoms with E-state index in [1.165, 1.54) is 24.3 Å². The van der Waals surface area contributed by atoms with E-state index in [9.17, 15) is 20.3 Å². The lowest BCUT2D eigenvalue weighted by atomic mass is 10.1. The Balaban J connectivity index is 2.03. The molecular weight excluding hydrogens is 256 g/mol. The molecule has 8 heteroatoms. The predicted molar refractivity (Wildman–Crippen MR) is 64.5 cm³/mol. The summed E-state index contributed by atoms with van der Waals surface area (Å²) in [6, 6.07) is 5.55. The van der Waals surface area contributed by atoms with Crippen LogP contribution < -0.4 is 5.32 Å². The molecule has 1 heterocycles. The molecule has 0 aromatic heterocycles. The SMILES string of the molecule is O=[N+]([O-])c1ccc(N[C@@H]2O[C@@H](CO)[C@@H](O)[C@H]2O)cc1. The van der Waals surface area contributed by atoms with Gasteiger partial charge in [-0.05, 0) is 12.1 Å². The van der Waals surface area contributed by atoms with Crippen molar-refractivity contribution >= 4 is 11.4 Å². The Kier molecular flexibility index (Phi) is 3.96. The summed E-state index contributed by atoms with van der Waals surface area (Å²) in [4.78, 5) is 9.98. The molecule has 0 saturated carbocycles. The topological polar surface area (TPSA) is 125 Å². The highest BCUT2D eigenvalue weighted by molar-refractivity contribution is 5.49. The van der Waals surface area contributed by atoms with Gasteiger partial charge in [0.25, 0.3) is 5.69 Å². The summed E-state index contributed by atoms with van der Waals surface area (Å²) in [5, 5.41) is 41.5. The summed E-state index contributed by atoms with van der Waals surface area (Å²) in [6.45, 7) is -0.406. The summed E-state index contributed by atoms with van der Waals surface area (Å²) in [7, 11) is 0. The number of hydrogen-bond donors (Lipinski definition) is 4. The molecule has 1 aromatic rings. The van der Waals surface area contributed by atoms with Crippen molar-refractivity contribution in [1.82, 2.24) is 0 Å². The minimum atomic E-state index is -1.19. The van der Waals surface area contributed by atoms with E-state index in [1.54, 1.807) is 0 Å². The van der Waals surface area contributed by atoms with E-state index in [0.29, 0.717) is 5.69 Å². The fourth-order valence-corrected chi connectivity index (χ4v) is 1.86. The van der Waals surface area contributed by atoms with Crippen molar-refractivity contribution in [2.45, 2.75) is 24.5 Å². The Morgan fingerprint density at radius 3 is 2.37 bits per heavy atom. The fraction of sp³-hybridized carbons (Fsp3) is 0.455. The van der Waals surface area contributed by atoms with Gasteiger partial charge in [0.1, 0.15) is 18.3 Å². The number of hydrogen-bond acceptors (Lipinski definition) is 7. The van der Waals surface area contributed by atoms with Gasteiger partial charge in [-0.2, -0.15) is 0 Å². The Hall–Kier alpha value is -1.74. The van der Waals surface area contributed by atoms with Crippen molar-refractivity contribution in [3.63, 3.8) is 0 Å². The number of aliphatic hydroxyl groups is 3. The first kappa shape index (κ1) is 13.7. The summed E-state index contributed by atoms with van der Waals surface area (Å²) < 4.78 is 5.22. The van der Waals surface area contributed by atoms with Crippen molar-refractivity contribution < 1.29 is 25.0 Å². The monoisotopic (exact) mass is 270 g/mol. The van der Waals surface area contributed by atoms with Gasteiger partial charge in [0.05, 0.1) is 11.5 Å². The molecule has 0 unspecified atom stereocenters. The number of benzene rings is 1. The molecule has 0 radical (unpaired) electrons. The van der Waals surface area contributed by atoms with Gasteiger partial charge in [-0.3, -0.25) is 10.1 Å². The number of nitro benzene ring substituents is 1. The second-order valence-electron chi connectivity index (χ2n) is 4.21. The number of non-ortho nitro benzene ring substituents is 1. The zero-order valence-corrected chi connectivity index (χ0v) is 9.84. The van der Waals surface area contributed by atoms with Crippen LogP contribution in [0, 0.1) is 10.1 Å². The average Bonchev–Trinajstić information content (AvgIpc) is 2.67. The Labute approximate surface area is 108 Å². The molecule has 0 amide bonds. The number of anilines is 1. The van der Waals surface area contributed by atoms with Crippen LogP contribution >= 0.6 is 0 Å². The predicted octanol–water partition coefficient (Wildman–Crippen LogP) is -0.554. The lowest BCUT2D eigenvalue weighted by Crippen LogP contribution is -2.36. The molecular formula is C11H14N2O6. The third kappa shape index (κ3) is 2.82. The normalized spacial score (nSPS) is 30.3. The van der Waals surface area contributed by atoms with Crippen molar-refractivity contribution in [1.29, 1.82) is 0 Å². The first-order valence-corrected chi connectivity index (χ1v) is 5.66. The van der Waals surface area contributed by atoms with E-state index in [4.69, 9.17) is 9.84 Å². The lowest BCUT2D eigenvalue weighted by molar-refractivity contribution is -0.384. The molecule has 0 bridgehead atoms. The molecule has 4 N–H and O–H groups in total. The Bertz CT molecular complexity index is 451. The molecule has 19 heavy (non-hydrogen) atoms. The van der Waals surface area contributed by atoms with Crippen molar-refractivity contribution in [2.75, 3.05) is 11.9 Å². The van der Waals surface area contributed by atoms with Gasteiger partial charge in [0.15, 0.2) is 6.23 Å². The molecule has 1 fully saturated rings. The smallest absolute Gasteiger partial charge is 0.269 e. The molecule has 0 aliphatic carbocycles. The van der Waals surface area contributed by atoms with Crippen molar-refractivity contribution in [3.05, 3.63) is 34.4 Å². The second-order valence-corrected chi connectivity index (χ2v) is 4.21. The van der Waals surface area contributed by atoms with Gasteiger partial charge in [0, 0.05) is 17.8 Å². The van der Waals surface area contributed by atoms with Gasteiger partial charge in [-0.1, -0.05) is 0 Å². The highest BCUT2D eigenvalue weighted by Gasteiger charge is 2.42. The Morgan fingerprint density at radius 1 is 1.26 bits per heavy atom. The summed E-state index contributed by atoms with van der Waals surface area (Å²) in [5.74, 6) is 0. The maximum atomic E-state index is 10.5. The second kappa shape index (κ2) is 5.49. The molecule has 0 spiro atoms. The Morgan fingerprint density at radius 2 is 1.89 bits per heavy atom. The number of nitrogens with zero attached hydrogens (tertiary/aromatic N) is 1.